The van der Waals surface area contributed by atoms with E-state index in [9.17, 15) is 14.7 Å². The summed E-state index contributed by atoms with van der Waals surface area (Å²) in [7, 11) is 0. The lowest BCUT2D eigenvalue weighted by molar-refractivity contribution is -0.139. The van der Waals surface area contributed by atoms with Gasteiger partial charge < -0.3 is 15.2 Å². The zero-order chi connectivity index (χ0) is 15.0. The molecule has 1 aliphatic rings. The van der Waals surface area contributed by atoms with Crippen LogP contribution >= 0.6 is 0 Å². The van der Waals surface area contributed by atoms with Crippen molar-refractivity contribution in [1.82, 2.24) is 10.3 Å². The summed E-state index contributed by atoms with van der Waals surface area (Å²) >= 11 is 0. The number of hydrogen-bond acceptors (Lipinski definition) is 3. The van der Waals surface area contributed by atoms with E-state index in [0.29, 0.717) is 12.8 Å². The highest BCUT2D eigenvalue weighted by atomic mass is 16.4. The molecule has 0 saturated carbocycles. The Morgan fingerprint density at radius 1 is 1.24 bits per heavy atom. The SMILES string of the molecule is O=C(O)CC[C@H]1N[C@H](C(=O)O)Cc2c1[nH]c1ccccc21. The van der Waals surface area contributed by atoms with Crippen molar-refractivity contribution in [1.29, 1.82) is 0 Å². The predicted molar refractivity (Wildman–Crippen MR) is 76.2 cm³/mol. The third-order valence-electron chi connectivity index (χ3n) is 3.95. The molecule has 0 unspecified atom stereocenters. The van der Waals surface area contributed by atoms with E-state index in [1.165, 1.54) is 0 Å². The maximum atomic E-state index is 11.3. The molecule has 6 heteroatoms. The van der Waals surface area contributed by atoms with E-state index in [4.69, 9.17) is 5.11 Å². The monoisotopic (exact) mass is 288 g/mol. The van der Waals surface area contributed by atoms with Gasteiger partial charge >= 0.3 is 11.9 Å². The lowest BCUT2D eigenvalue weighted by Crippen LogP contribution is -2.44. The number of aliphatic carboxylic acids is 2. The van der Waals surface area contributed by atoms with Gasteiger partial charge in [0.05, 0.1) is 0 Å². The maximum Gasteiger partial charge on any atom is 0.321 e. The fourth-order valence-electron chi connectivity index (χ4n) is 2.98. The number of carbonyl (C=O) groups is 2. The zero-order valence-corrected chi connectivity index (χ0v) is 11.3. The molecule has 2 atom stereocenters. The molecule has 0 amide bonds. The van der Waals surface area contributed by atoms with Crippen molar-refractivity contribution in [2.75, 3.05) is 0 Å². The van der Waals surface area contributed by atoms with Gasteiger partial charge in [0, 0.05) is 35.5 Å². The molecule has 2 aromatic rings. The van der Waals surface area contributed by atoms with Crippen LogP contribution in [0.25, 0.3) is 10.9 Å². The van der Waals surface area contributed by atoms with Gasteiger partial charge in [-0.05, 0) is 18.1 Å². The van der Waals surface area contributed by atoms with Crippen LogP contribution in [0.3, 0.4) is 0 Å². The molecule has 3 rings (SSSR count). The summed E-state index contributed by atoms with van der Waals surface area (Å²) in [6.45, 7) is 0. The molecule has 110 valence electrons. The molecular weight excluding hydrogens is 272 g/mol. The molecule has 0 bridgehead atoms. The summed E-state index contributed by atoms with van der Waals surface area (Å²) in [5.74, 6) is -1.79. The minimum Gasteiger partial charge on any atom is -0.481 e. The second-order valence-electron chi connectivity index (χ2n) is 5.31. The number of carboxylic acids is 2. The molecule has 0 spiro atoms. The Hall–Kier alpha value is -2.34. The first-order chi connectivity index (χ1) is 10.1. The van der Waals surface area contributed by atoms with E-state index in [-0.39, 0.29) is 12.5 Å². The van der Waals surface area contributed by atoms with Crippen LogP contribution in [0.5, 0.6) is 0 Å². The Bertz CT molecular complexity index is 707. The molecule has 21 heavy (non-hydrogen) atoms. The smallest absolute Gasteiger partial charge is 0.321 e. The van der Waals surface area contributed by atoms with Gasteiger partial charge in [-0.2, -0.15) is 0 Å². The van der Waals surface area contributed by atoms with Crippen LogP contribution < -0.4 is 5.32 Å². The second-order valence-corrected chi connectivity index (χ2v) is 5.31. The van der Waals surface area contributed by atoms with E-state index >= 15 is 0 Å². The molecule has 1 aliphatic heterocycles. The summed E-state index contributed by atoms with van der Waals surface area (Å²) in [5, 5.41) is 22.2. The van der Waals surface area contributed by atoms with E-state index in [2.05, 4.69) is 10.3 Å². The van der Waals surface area contributed by atoms with Crippen molar-refractivity contribution in [3.63, 3.8) is 0 Å². The summed E-state index contributed by atoms with van der Waals surface area (Å²) in [4.78, 5) is 25.4. The third kappa shape index (κ3) is 2.50. The quantitative estimate of drug-likeness (QED) is 0.685. The summed E-state index contributed by atoms with van der Waals surface area (Å²) in [6.07, 6.45) is 0.760. The van der Waals surface area contributed by atoms with Gasteiger partial charge in [-0.25, -0.2) is 0 Å². The topological polar surface area (TPSA) is 102 Å². The average Bonchev–Trinajstić information content (AvgIpc) is 2.83. The number of H-pyrrole nitrogens is 1. The van der Waals surface area contributed by atoms with Crippen LogP contribution in [0.1, 0.15) is 30.1 Å². The molecule has 4 N–H and O–H groups in total. The Balaban J connectivity index is 2.02. The lowest BCUT2D eigenvalue weighted by Gasteiger charge is -2.28. The largest absolute Gasteiger partial charge is 0.481 e. The summed E-state index contributed by atoms with van der Waals surface area (Å²) in [5.41, 5.74) is 2.85. The van der Waals surface area contributed by atoms with E-state index in [1.54, 1.807) is 0 Å². The normalized spacial score (nSPS) is 21.1. The fraction of sp³-hybridized carbons (Fsp3) is 0.333. The van der Waals surface area contributed by atoms with Gasteiger partial charge in [0.25, 0.3) is 0 Å². The number of aromatic nitrogens is 1. The fourth-order valence-corrected chi connectivity index (χ4v) is 2.98. The maximum absolute atomic E-state index is 11.3. The first kappa shape index (κ1) is 13.6. The van der Waals surface area contributed by atoms with Crippen molar-refractivity contribution in [2.24, 2.45) is 0 Å². The van der Waals surface area contributed by atoms with E-state index in [0.717, 1.165) is 22.2 Å². The number of fused-ring (bicyclic) bond motifs is 3. The van der Waals surface area contributed by atoms with Crippen molar-refractivity contribution in [3.8, 4) is 0 Å². The van der Waals surface area contributed by atoms with Crippen LogP contribution in [0.2, 0.25) is 0 Å². The van der Waals surface area contributed by atoms with E-state index < -0.39 is 18.0 Å². The molecule has 1 aromatic heterocycles. The number of para-hydroxylation sites is 1. The molecule has 6 nitrogen and oxygen atoms in total. The van der Waals surface area contributed by atoms with E-state index in [1.807, 2.05) is 24.3 Å². The average molecular weight is 288 g/mol. The lowest BCUT2D eigenvalue weighted by atomic mass is 9.92. The minimum atomic E-state index is -0.911. The summed E-state index contributed by atoms with van der Waals surface area (Å²) < 4.78 is 0. The highest BCUT2D eigenvalue weighted by Crippen LogP contribution is 2.33. The Morgan fingerprint density at radius 3 is 2.71 bits per heavy atom. The van der Waals surface area contributed by atoms with Crippen molar-refractivity contribution >= 4 is 22.8 Å². The van der Waals surface area contributed by atoms with Gasteiger partial charge in [-0.15, -0.1) is 0 Å². The zero-order valence-electron chi connectivity index (χ0n) is 11.3. The van der Waals surface area contributed by atoms with Gasteiger partial charge in [0.2, 0.25) is 0 Å². The highest BCUT2D eigenvalue weighted by Gasteiger charge is 2.32. The predicted octanol–water partition coefficient (Wildman–Crippen LogP) is 1.67. The second kappa shape index (κ2) is 5.21. The molecule has 0 fully saturated rings. The molecular formula is C15H16N2O4. The van der Waals surface area contributed by atoms with Crippen molar-refractivity contribution < 1.29 is 19.8 Å². The standard InChI is InChI=1S/C15H16N2O4/c18-13(19)6-5-11-14-9(7-12(16-11)15(20)21)8-3-1-2-4-10(8)17-14/h1-4,11-12,16-17H,5-7H2,(H,18,19)(H,20,21)/t11-,12+/m1/s1. The molecule has 2 heterocycles. The van der Waals surface area contributed by atoms with Gasteiger partial charge in [-0.3, -0.25) is 14.9 Å². The first-order valence-corrected chi connectivity index (χ1v) is 6.86. The third-order valence-corrected chi connectivity index (χ3v) is 3.95. The highest BCUT2D eigenvalue weighted by molar-refractivity contribution is 5.86. The van der Waals surface area contributed by atoms with Gasteiger partial charge in [0.1, 0.15) is 6.04 Å². The first-order valence-electron chi connectivity index (χ1n) is 6.86. The Morgan fingerprint density at radius 2 is 2.00 bits per heavy atom. The number of aromatic amines is 1. The van der Waals surface area contributed by atoms with Gasteiger partial charge in [-0.1, -0.05) is 18.2 Å². The Kier molecular flexibility index (Phi) is 3.39. The number of hydrogen-bond donors (Lipinski definition) is 4. The van der Waals surface area contributed by atoms with Crippen LogP contribution in [-0.4, -0.2) is 33.2 Å². The number of benzene rings is 1. The van der Waals surface area contributed by atoms with Gasteiger partial charge in [0.15, 0.2) is 0 Å². The number of nitrogens with one attached hydrogen (secondary N) is 2. The van der Waals surface area contributed by atoms with Crippen molar-refractivity contribution in [3.05, 3.63) is 35.5 Å². The molecule has 1 aromatic carbocycles. The molecule has 0 saturated heterocycles. The van der Waals surface area contributed by atoms with Crippen LogP contribution in [-0.2, 0) is 16.0 Å². The van der Waals surface area contributed by atoms with Crippen LogP contribution in [0.15, 0.2) is 24.3 Å². The summed E-state index contributed by atoms with van der Waals surface area (Å²) in [6, 6.07) is 6.77. The number of carboxylic acid groups (broad SMARTS) is 2. The molecule has 0 aliphatic carbocycles. The van der Waals surface area contributed by atoms with Crippen molar-refractivity contribution in [2.45, 2.75) is 31.3 Å². The van der Waals surface area contributed by atoms with Crippen LogP contribution in [0.4, 0.5) is 0 Å². The Labute approximate surface area is 120 Å². The molecule has 0 radical (unpaired) electrons. The number of rotatable bonds is 4. The minimum absolute atomic E-state index is 0.00118. The van der Waals surface area contributed by atoms with Crippen LogP contribution in [0, 0.1) is 0 Å².